The van der Waals surface area contributed by atoms with E-state index in [1.165, 1.54) is 6.07 Å². The number of nitro benzene ring substituents is 1. The van der Waals surface area contributed by atoms with Crippen molar-refractivity contribution >= 4 is 11.5 Å². The molecule has 1 aromatic rings. The summed E-state index contributed by atoms with van der Waals surface area (Å²) < 4.78 is 5.39. The minimum atomic E-state index is -0.481. The second-order valence-electron chi connectivity index (χ2n) is 4.62. The smallest absolute Gasteiger partial charge is 0.310 e. The number of nitrogens with one attached hydrogen (secondary N) is 1. The van der Waals surface area contributed by atoms with Gasteiger partial charge in [-0.15, -0.1) is 0 Å². The number of nitro groups is 1. The molecule has 0 saturated heterocycles. The average molecular weight is 251 g/mol. The zero-order valence-electron chi connectivity index (χ0n) is 10.5. The van der Waals surface area contributed by atoms with Gasteiger partial charge >= 0.3 is 5.69 Å². The van der Waals surface area contributed by atoms with Crippen molar-refractivity contribution < 1.29 is 9.66 Å². The lowest BCUT2D eigenvalue weighted by molar-refractivity contribution is -0.385. The highest BCUT2D eigenvalue weighted by atomic mass is 16.6. The maximum absolute atomic E-state index is 10.8. The van der Waals surface area contributed by atoms with Gasteiger partial charge in [0.25, 0.3) is 0 Å². The molecule has 6 nitrogen and oxygen atoms in total. The molecule has 0 atom stereocenters. The van der Waals surface area contributed by atoms with Crippen LogP contribution in [0.5, 0.6) is 5.75 Å². The van der Waals surface area contributed by atoms with Crippen LogP contribution in [-0.2, 0) is 0 Å². The standard InChI is InChI=1S/C12H17N3O3/c1-12(2,11(13)14)7-8-18-10-6-4-3-5-9(10)15(16)17/h3-6H,7-8H2,1-2H3,(H3,13,14). The fourth-order valence-corrected chi connectivity index (χ4v) is 1.28. The molecule has 0 fully saturated rings. The largest absolute Gasteiger partial charge is 0.487 e. The highest BCUT2D eigenvalue weighted by Crippen LogP contribution is 2.27. The minimum absolute atomic E-state index is 0.0573. The third-order valence-corrected chi connectivity index (χ3v) is 2.78. The molecule has 1 aromatic carbocycles. The molecule has 0 unspecified atom stereocenters. The van der Waals surface area contributed by atoms with Crippen LogP contribution in [0.15, 0.2) is 24.3 Å². The molecule has 0 radical (unpaired) electrons. The zero-order valence-corrected chi connectivity index (χ0v) is 10.5. The van der Waals surface area contributed by atoms with Gasteiger partial charge in [0.2, 0.25) is 0 Å². The third kappa shape index (κ3) is 3.44. The number of hydrogen-bond donors (Lipinski definition) is 2. The fourth-order valence-electron chi connectivity index (χ4n) is 1.28. The summed E-state index contributed by atoms with van der Waals surface area (Å²) in [5.41, 5.74) is 4.92. The van der Waals surface area contributed by atoms with Gasteiger partial charge < -0.3 is 10.5 Å². The second-order valence-corrected chi connectivity index (χ2v) is 4.62. The fraction of sp³-hybridized carbons (Fsp3) is 0.417. The van der Waals surface area contributed by atoms with Gasteiger partial charge in [-0.1, -0.05) is 26.0 Å². The third-order valence-electron chi connectivity index (χ3n) is 2.78. The van der Waals surface area contributed by atoms with Gasteiger partial charge in [0.1, 0.15) is 0 Å². The van der Waals surface area contributed by atoms with Crippen LogP contribution in [0, 0.1) is 20.9 Å². The van der Waals surface area contributed by atoms with Crippen molar-refractivity contribution in [2.45, 2.75) is 20.3 Å². The maximum Gasteiger partial charge on any atom is 0.310 e. The Balaban J connectivity index is 2.65. The predicted octanol–water partition coefficient (Wildman–Crippen LogP) is 2.33. The van der Waals surface area contributed by atoms with E-state index in [4.69, 9.17) is 15.9 Å². The Hall–Kier alpha value is -2.11. The molecule has 0 aromatic heterocycles. The van der Waals surface area contributed by atoms with E-state index >= 15 is 0 Å². The quantitative estimate of drug-likeness (QED) is 0.350. The van der Waals surface area contributed by atoms with Gasteiger partial charge in [-0.3, -0.25) is 15.5 Å². The molecule has 98 valence electrons. The number of benzene rings is 1. The van der Waals surface area contributed by atoms with Gasteiger partial charge in [-0.2, -0.15) is 0 Å². The van der Waals surface area contributed by atoms with E-state index < -0.39 is 10.3 Å². The van der Waals surface area contributed by atoms with Crippen LogP contribution < -0.4 is 10.5 Å². The highest BCUT2D eigenvalue weighted by molar-refractivity contribution is 5.82. The van der Waals surface area contributed by atoms with Crippen LogP contribution in [0.2, 0.25) is 0 Å². The molecule has 6 heteroatoms. The van der Waals surface area contributed by atoms with Crippen LogP contribution in [0.25, 0.3) is 0 Å². The number of hydrogen-bond acceptors (Lipinski definition) is 4. The maximum atomic E-state index is 10.8. The van der Waals surface area contributed by atoms with Crippen molar-refractivity contribution in [2.75, 3.05) is 6.61 Å². The molecular weight excluding hydrogens is 234 g/mol. The lowest BCUT2D eigenvalue weighted by Gasteiger charge is -2.22. The molecule has 0 saturated carbocycles. The first-order valence-electron chi connectivity index (χ1n) is 5.55. The Morgan fingerprint density at radius 2 is 2.11 bits per heavy atom. The van der Waals surface area contributed by atoms with Gasteiger partial charge in [-0.25, -0.2) is 0 Å². The number of ether oxygens (including phenoxy) is 1. The van der Waals surface area contributed by atoms with Crippen LogP contribution in [0.3, 0.4) is 0 Å². The average Bonchev–Trinajstić information content (AvgIpc) is 2.29. The summed E-state index contributed by atoms with van der Waals surface area (Å²) in [4.78, 5) is 10.3. The SMILES string of the molecule is CC(C)(CCOc1ccccc1[N+](=O)[O-])C(=N)N. The molecule has 18 heavy (non-hydrogen) atoms. The predicted molar refractivity (Wildman–Crippen MR) is 68.9 cm³/mol. The molecule has 1 rings (SSSR count). The Morgan fingerprint density at radius 1 is 1.50 bits per heavy atom. The van der Waals surface area contributed by atoms with Gasteiger partial charge in [0, 0.05) is 11.5 Å². The summed E-state index contributed by atoms with van der Waals surface area (Å²) in [6.07, 6.45) is 0.522. The molecule has 0 spiro atoms. The van der Waals surface area contributed by atoms with E-state index in [2.05, 4.69) is 0 Å². The Labute approximate surface area is 105 Å². The van der Waals surface area contributed by atoms with E-state index in [0.717, 1.165) is 0 Å². The summed E-state index contributed by atoms with van der Waals surface area (Å²) in [5, 5.41) is 18.2. The number of rotatable bonds is 6. The summed E-state index contributed by atoms with van der Waals surface area (Å²) in [7, 11) is 0. The summed E-state index contributed by atoms with van der Waals surface area (Å²) in [6.45, 7) is 3.94. The zero-order chi connectivity index (χ0) is 13.8. The molecule has 0 bridgehead atoms. The van der Waals surface area contributed by atoms with E-state index in [9.17, 15) is 10.1 Å². The lowest BCUT2D eigenvalue weighted by atomic mass is 9.88. The Morgan fingerprint density at radius 3 is 2.67 bits per heavy atom. The summed E-state index contributed by atoms with van der Waals surface area (Å²) in [6, 6.07) is 6.22. The lowest BCUT2D eigenvalue weighted by Crippen LogP contribution is -2.32. The van der Waals surface area contributed by atoms with E-state index in [-0.39, 0.29) is 23.9 Å². The van der Waals surface area contributed by atoms with Crippen LogP contribution in [0.4, 0.5) is 5.69 Å². The summed E-state index contributed by atoms with van der Waals surface area (Å²) in [5.74, 6) is 0.315. The Bertz CT molecular complexity index is 458. The number of para-hydroxylation sites is 2. The molecule has 3 N–H and O–H groups in total. The van der Waals surface area contributed by atoms with Gasteiger partial charge in [-0.05, 0) is 12.5 Å². The van der Waals surface area contributed by atoms with Crippen LogP contribution >= 0.6 is 0 Å². The topological polar surface area (TPSA) is 102 Å². The molecule has 0 heterocycles. The van der Waals surface area contributed by atoms with Crippen molar-refractivity contribution in [2.24, 2.45) is 11.1 Å². The molecule has 0 aliphatic carbocycles. The molecule has 0 aliphatic rings. The summed E-state index contributed by atoms with van der Waals surface area (Å²) >= 11 is 0. The van der Waals surface area contributed by atoms with Crippen molar-refractivity contribution in [1.82, 2.24) is 0 Å². The Kier molecular flexibility index (Phi) is 4.25. The minimum Gasteiger partial charge on any atom is -0.487 e. The van der Waals surface area contributed by atoms with Crippen molar-refractivity contribution in [1.29, 1.82) is 5.41 Å². The van der Waals surface area contributed by atoms with E-state index in [0.29, 0.717) is 6.42 Å². The van der Waals surface area contributed by atoms with Gasteiger partial charge in [0.05, 0.1) is 17.4 Å². The van der Waals surface area contributed by atoms with Gasteiger partial charge in [0.15, 0.2) is 5.75 Å². The first kappa shape index (κ1) is 14.0. The van der Waals surface area contributed by atoms with Crippen LogP contribution in [-0.4, -0.2) is 17.4 Å². The van der Waals surface area contributed by atoms with Crippen molar-refractivity contribution in [3.63, 3.8) is 0 Å². The van der Waals surface area contributed by atoms with E-state index in [1.807, 2.05) is 13.8 Å². The second kappa shape index (κ2) is 5.48. The first-order chi connectivity index (χ1) is 8.34. The monoisotopic (exact) mass is 251 g/mol. The molecular formula is C12H17N3O3. The number of nitrogens with two attached hydrogens (primary N) is 1. The van der Waals surface area contributed by atoms with Crippen molar-refractivity contribution in [3.05, 3.63) is 34.4 Å². The first-order valence-corrected chi connectivity index (χ1v) is 5.55. The number of nitrogens with zero attached hydrogens (tertiary/aromatic N) is 1. The number of amidine groups is 1. The van der Waals surface area contributed by atoms with Crippen molar-refractivity contribution in [3.8, 4) is 5.75 Å². The van der Waals surface area contributed by atoms with E-state index in [1.54, 1.807) is 18.2 Å². The molecule has 0 aliphatic heterocycles. The normalized spacial score (nSPS) is 11.0. The van der Waals surface area contributed by atoms with Crippen LogP contribution in [0.1, 0.15) is 20.3 Å². The molecule has 0 amide bonds. The highest BCUT2D eigenvalue weighted by Gasteiger charge is 2.22.